The van der Waals surface area contributed by atoms with Gasteiger partial charge < -0.3 is 15.5 Å². The third-order valence-corrected chi connectivity index (χ3v) is 3.94. The first-order valence-electron chi connectivity index (χ1n) is 8.39. The molecule has 26 heavy (non-hydrogen) atoms. The van der Waals surface area contributed by atoms with Crippen molar-refractivity contribution in [3.8, 4) is 11.1 Å². The van der Waals surface area contributed by atoms with Gasteiger partial charge in [-0.15, -0.1) is 0 Å². The van der Waals surface area contributed by atoms with Crippen molar-refractivity contribution in [2.45, 2.75) is 32.9 Å². The SMILES string of the molecule is Cc1cc(Nc2nccc(C)n2)cc(-c2cnn(C[C@](C)(O)CO)c2)c1. The molecule has 2 heterocycles. The molecule has 1 aromatic carbocycles. The summed E-state index contributed by atoms with van der Waals surface area (Å²) in [6, 6.07) is 7.94. The normalized spacial score (nSPS) is 13.4. The van der Waals surface area contributed by atoms with E-state index in [9.17, 15) is 10.2 Å². The average Bonchev–Trinajstić information content (AvgIpc) is 3.02. The van der Waals surface area contributed by atoms with E-state index in [-0.39, 0.29) is 13.2 Å². The highest BCUT2D eigenvalue weighted by Crippen LogP contribution is 2.26. The van der Waals surface area contributed by atoms with Crippen LogP contribution >= 0.6 is 0 Å². The Morgan fingerprint density at radius 1 is 1.19 bits per heavy atom. The number of benzene rings is 1. The van der Waals surface area contributed by atoms with Crippen LogP contribution in [0.4, 0.5) is 11.6 Å². The van der Waals surface area contributed by atoms with E-state index in [1.165, 1.54) is 0 Å². The van der Waals surface area contributed by atoms with Gasteiger partial charge in [-0.3, -0.25) is 4.68 Å². The Hall–Kier alpha value is -2.77. The second-order valence-corrected chi connectivity index (χ2v) is 6.82. The molecule has 7 nitrogen and oxygen atoms in total. The second-order valence-electron chi connectivity index (χ2n) is 6.82. The molecule has 0 saturated carbocycles. The summed E-state index contributed by atoms with van der Waals surface area (Å²) >= 11 is 0. The first-order chi connectivity index (χ1) is 12.3. The van der Waals surface area contributed by atoms with E-state index >= 15 is 0 Å². The molecule has 0 saturated heterocycles. The molecule has 0 spiro atoms. The third kappa shape index (κ3) is 4.44. The fourth-order valence-electron chi connectivity index (χ4n) is 2.66. The number of aliphatic hydroxyl groups excluding tert-OH is 1. The van der Waals surface area contributed by atoms with Crippen LogP contribution < -0.4 is 5.32 Å². The van der Waals surface area contributed by atoms with Crippen molar-refractivity contribution in [2.24, 2.45) is 0 Å². The Morgan fingerprint density at radius 3 is 2.73 bits per heavy atom. The minimum absolute atomic E-state index is 0.220. The maximum Gasteiger partial charge on any atom is 0.227 e. The summed E-state index contributed by atoms with van der Waals surface area (Å²) in [5, 5.41) is 26.7. The zero-order valence-corrected chi connectivity index (χ0v) is 15.1. The monoisotopic (exact) mass is 353 g/mol. The molecule has 1 atom stereocenters. The van der Waals surface area contributed by atoms with Gasteiger partial charge in [0.2, 0.25) is 5.95 Å². The number of anilines is 2. The summed E-state index contributed by atoms with van der Waals surface area (Å²) in [6.45, 7) is 5.41. The molecule has 0 amide bonds. The molecule has 0 radical (unpaired) electrons. The standard InChI is InChI=1S/C19H23N5O2/c1-13-6-15(16-9-21-24(10-16)11-19(3,26)12-25)8-17(7-13)23-18-20-5-4-14(2)22-18/h4-10,25-26H,11-12H2,1-3H3,(H,20,22,23)/t19-/m0/s1. The molecule has 3 rings (SSSR count). The van der Waals surface area contributed by atoms with Crippen LogP contribution in [-0.4, -0.2) is 42.2 Å². The van der Waals surface area contributed by atoms with E-state index in [2.05, 4.69) is 26.4 Å². The largest absolute Gasteiger partial charge is 0.393 e. The minimum Gasteiger partial charge on any atom is -0.393 e. The Kier molecular flexibility index (Phi) is 5.01. The number of rotatable bonds is 6. The van der Waals surface area contributed by atoms with Crippen molar-refractivity contribution in [1.82, 2.24) is 19.7 Å². The maximum atomic E-state index is 10.00. The molecule has 0 fully saturated rings. The van der Waals surface area contributed by atoms with Gasteiger partial charge in [0.25, 0.3) is 0 Å². The zero-order chi connectivity index (χ0) is 18.7. The molecular formula is C19H23N5O2. The summed E-state index contributed by atoms with van der Waals surface area (Å²) < 4.78 is 1.63. The van der Waals surface area contributed by atoms with E-state index < -0.39 is 5.60 Å². The number of hydrogen-bond donors (Lipinski definition) is 3. The van der Waals surface area contributed by atoms with Crippen molar-refractivity contribution in [3.63, 3.8) is 0 Å². The van der Waals surface area contributed by atoms with Gasteiger partial charge in [-0.2, -0.15) is 5.10 Å². The molecule has 0 unspecified atom stereocenters. The van der Waals surface area contributed by atoms with Gasteiger partial charge >= 0.3 is 0 Å². The predicted octanol–water partition coefficient (Wildman–Crippen LogP) is 2.44. The van der Waals surface area contributed by atoms with E-state index in [1.807, 2.05) is 38.2 Å². The molecule has 0 aliphatic rings. The summed E-state index contributed by atoms with van der Waals surface area (Å²) in [7, 11) is 0. The first kappa shape index (κ1) is 18.0. The van der Waals surface area contributed by atoms with Crippen molar-refractivity contribution in [2.75, 3.05) is 11.9 Å². The molecule has 0 bridgehead atoms. The highest BCUT2D eigenvalue weighted by molar-refractivity contribution is 5.70. The van der Waals surface area contributed by atoms with Crippen molar-refractivity contribution >= 4 is 11.6 Å². The molecule has 3 aromatic rings. The van der Waals surface area contributed by atoms with Crippen LogP contribution in [0, 0.1) is 13.8 Å². The fourth-order valence-corrected chi connectivity index (χ4v) is 2.66. The van der Waals surface area contributed by atoms with Crippen LogP contribution in [0.15, 0.2) is 42.9 Å². The number of aromatic nitrogens is 4. The summed E-state index contributed by atoms with van der Waals surface area (Å²) in [5.74, 6) is 0.552. The zero-order valence-electron chi connectivity index (χ0n) is 15.1. The van der Waals surface area contributed by atoms with Crippen LogP contribution in [0.25, 0.3) is 11.1 Å². The Morgan fingerprint density at radius 2 is 2.00 bits per heavy atom. The Labute approximate surface area is 152 Å². The molecular weight excluding hydrogens is 330 g/mol. The maximum absolute atomic E-state index is 10.00. The van der Waals surface area contributed by atoms with Crippen molar-refractivity contribution < 1.29 is 10.2 Å². The first-order valence-corrected chi connectivity index (χ1v) is 8.39. The van der Waals surface area contributed by atoms with Gasteiger partial charge in [-0.25, -0.2) is 9.97 Å². The number of hydrogen-bond acceptors (Lipinski definition) is 6. The van der Waals surface area contributed by atoms with Crippen LogP contribution in [0.5, 0.6) is 0 Å². The van der Waals surface area contributed by atoms with E-state index in [0.717, 1.165) is 28.1 Å². The van der Waals surface area contributed by atoms with Crippen molar-refractivity contribution in [1.29, 1.82) is 0 Å². The highest BCUT2D eigenvalue weighted by atomic mass is 16.3. The summed E-state index contributed by atoms with van der Waals surface area (Å²) in [5.41, 5.74) is 3.59. The van der Waals surface area contributed by atoms with Crippen LogP contribution in [0.2, 0.25) is 0 Å². The Bertz CT molecular complexity index is 904. The highest BCUT2D eigenvalue weighted by Gasteiger charge is 2.20. The fraction of sp³-hybridized carbons (Fsp3) is 0.316. The lowest BCUT2D eigenvalue weighted by Crippen LogP contribution is -2.34. The van der Waals surface area contributed by atoms with Crippen molar-refractivity contribution in [3.05, 3.63) is 54.1 Å². The van der Waals surface area contributed by atoms with E-state index in [1.54, 1.807) is 24.0 Å². The third-order valence-electron chi connectivity index (χ3n) is 3.94. The minimum atomic E-state index is -1.20. The lowest BCUT2D eigenvalue weighted by atomic mass is 10.1. The lowest BCUT2D eigenvalue weighted by molar-refractivity contribution is -0.0145. The summed E-state index contributed by atoms with van der Waals surface area (Å²) in [6.07, 6.45) is 5.32. The van der Waals surface area contributed by atoms with Gasteiger partial charge in [-0.05, 0) is 50.1 Å². The van der Waals surface area contributed by atoms with Gasteiger partial charge in [0.15, 0.2) is 0 Å². The lowest BCUT2D eigenvalue weighted by Gasteiger charge is -2.19. The summed E-state index contributed by atoms with van der Waals surface area (Å²) in [4.78, 5) is 8.59. The molecule has 0 aliphatic heterocycles. The van der Waals surface area contributed by atoms with Crippen LogP contribution in [0.1, 0.15) is 18.2 Å². The van der Waals surface area contributed by atoms with Gasteiger partial charge in [0, 0.05) is 29.3 Å². The molecule has 2 aromatic heterocycles. The predicted molar refractivity (Wildman–Crippen MR) is 100 cm³/mol. The van der Waals surface area contributed by atoms with Crippen LogP contribution in [0.3, 0.4) is 0 Å². The molecule has 7 heteroatoms. The quantitative estimate of drug-likeness (QED) is 0.630. The number of aryl methyl sites for hydroxylation is 2. The molecule has 0 aliphatic carbocycles. The van der Waals surface area contributed by atoms with E-state index in [0.29, 0.717) is 5.95 Å². The smallest absolute Gasteiger partial charge is 0.227 e. The molecule has 3 N–H and O–H groups in total. The van der Waals surface area contributed by atoms with E-state index in [4.69, 9.17) is 0 Å². The van der Waals surface area contributed by atoms with Gasteiger partial charge in [0.1, 0.15) is 5.60 Å². The Balaban J connectivity index is 1.85. The average molecular weight is 353 g/mol. The number of aliphatic hydroxyl groups is 2. The van der Waals surface area contributed by atoms with Gasteiger partial charge in [0.05, 0.1) is 19.3 Å². The second kappa shape index (κ2) is 7.23. The number of nitrogens with one attached hydrogen (secondary N) is 1. The molecule has 136 valence electrons. The number of nitrogens with zero attached hydrogens (tertiary/aromatic N) is 4. The van der Waals surface area contributed by atoms with Crippen LogP contribution in [-0.2, 0) is 6.54 Å². The topological polar surface area (TPSA) is 96.1 Å². The van der Waals surface area contributed by atoms with Gasteiger partial charge in [-0.1, -0.05) is 6.07 Å².